The van der Waals surface area contributed by atoms with Gasteiger partial charge in [0.15, 0.2) is 0 Å². The van der Waals surface area contributed by atoms with Gasteiger partial charge >= 0.3 is 0 Å². The van der Waals surface area contributed by atoms with Gasteiger partial charge in [-0.3, -0.25) is 9.69 Å². The zero-order valence-corrected chi connectivity index (χ0v) is 12.3. The topological polar surface area (TPSA) is 58.4 Å². The lowest BCUT2D eigenvalue weighted by atomic mass is 9.85. The first-order chi connectivity index (χ1) is 8.43. The number of nitrogens with two attached hydrogens (primary N) is 1. The maximum Gasteiger partial charge on any atom is 0.234 e. The Balaban J connectivity index is 2.49. The Morgan fingerprint density at radius 3 is 2.67 bits per heavy atom. The molecule has 0 radical (unpaired) electrons. The lowest BCUT2D eigenvalue weighted by Gasteiger charge is -2.42. The second-order valence-electron chi connectivity index (χ2n) is 6.25. The number of hydrogen-bond acceptors (Lipinski definition) is 3. The summed E-state index contributed by atoms with van der Waals surface area (Å²) in [5, 5.41) is 2.98. The highest BCUT2D eigenvalue weighted by Gasteiger charge is 2.31. The largest absolute Gasteiger partial charge is 0.355 e. The second kappa shape index (κ2) is 7.10. The molecule has 0 aromatic heterocycles. The van der Waals surface area contributed by atoms with Gasteiger partial charge in [-0.1, -0.05) is 27.7 Å². The summed E-state index contributed by atoms with van der Waals surface area (Å²) in [5.41, 5.74) is 5.85. The monoisotopic (exact) mass is 255 g/mol. The standard InChI is InChI=1S/C14H29N3O/c1-10(2)7-16-14(18)9-17-8-11(3)5-12(4)13(17)6-15/h10-13H,5-9,15H2,1-4H3,(H,16,18). The van der Waals surface area contributed by atoms with Gasteiger partial charge < -0.3 is 11.1 Å². The summed E-state index contributed by atoms with van der Waals surface area (Å²) in [5.74, 6) is 1.86. The summed E-state index contributed by atoms with van der Waals surface area (Å²) < 4.78 is 0. The Bertz CT molecular complexity index is 268. The molecule has 0 saturated carbocycles. The van der Waals surface area contributed by atoms with Gasteiger partial charge in [-0.15, -0.1) is 0 Å². The number of piperidine rings is 1. The van der Waals surface area contributed by atoms with Crippen LogP contribution in [0.3, 0.4) is 0 Å². The second-order valence-corrected chi connectivity index (χ2v) is 6.25. The lowest BCUT2D eigenvalue weighted by molar-refractivity contribution is -0.123. The zero-order chi connectivity index (χ0) is 13.7. The predicted molar refractivity (Wildman–Crippen MR) is 75.2 cm³/mol. The molecule has 1 saturated heterocycles. The van der Waals surface area contributed by atoms with Crippen molar-refractivity contribution in [3.05, 3.63) is 0 Å². The van der Waals surface area contributed by atoms with Crippen LogP contribution in [0.2, 0.25) is 0 Å². The van der Waals surface area contributed by atoms with E-state index < -0.39 is 0 Å². The molecule has 106 valence electrons. The Labute approximate surface area is 111 Å². The first kappa shape index (κ1) is 15.4. The maximum atomic E-state index is 11.9. The minimum Gasteiger partial charge on any atom is -0.355 e. The molecular formula is C14H29N3O. The van der Waals surface area contributed by atoms with E-state index in [2.05, 4.69) is 37.9 Å². The summed E-state index contributed by atoms with van der Waals surface area (Å²) in [7, 11) is 0. The van der Waals surface area contributed by atoms with Gasteiger partial charge in [0, 0.05) is 25.7 Å². The van der Waals surface area contributed by atoms with Crippen LogP contribution in [0.5, 0.6) is 0 Å². The molecule has 3 unspecified atom stereocenters. The molecule has 0 aromatic rings. The van der Waals surface area contributed by atoms with Gasteiger partial charge in [-0.2, -0.15) is 0 Å². The van der Waals surface area contributed by atoms with Crippen molar-refractivity contribution in [2.75, 3.05) is 26.2 Å². The number of carbonyl (C=O) groups excluding carboxylic acids is 1. The summed E-state index contributed by atoms with van der Waals surface area (Å²) >= 11 is 0. The molecule has 1 heterocycles. The zero-order valence-electron chi connectivity index (χ0n) is 12.3. The van der Waals surface area contributed by atoms with Crippen molar-refractivity contribution in [1.29, 1.82) is 0 Å². The van der Waals surface area contributed by atoms with Crippen molar-refractivity contribution in [3.8, 4) is 0 Å². The maximum absolute atomic E-state index is 11.9. The molecule has 1 aliphatic heterocycles. The van der Waals surface area contributed by atoms with Gasteiger partial charge in [0.2, 0.25) is 5.91 Å². The smallest absolute Gasteiger partial charge is 0.234 e. The summed E-state index contributed by atoms with van der Waals surface area (Å²) in [4.78, 5) is 14.2. The fraction of sp³-hybridized carbons (Fsp3) is 0.929. The van der Waals surface area contributed by atoms with Gasteiger partial charge in [-0.05, 0) is 24.2 Å². The molecule has 4 heteroatoms. The van der Waals surface area contributed by atoms with Crippen LogP contribution < -0.4 is 11.1 Å². The van der Waals surface area contributed by atoms with Crippen LogP contribution in [0.15, 0.2) is 0 Å². The third-order valence-electron chi connectivity index (χ3n) is 3.74. The Morgan fingerprint density at radius 2 is 2.11 bits per heavy atom. The molecule has 1 rings (SSSR count). The highest BCUT2D eigenvalue weighted by Crippen LogP contribution is 2.26. The van der Waals surface area contributed by atoms with Gasteiger partial charge in [0.05, 0.1) is 6.54 Å². The molecule has 18 heavy (non-hydrogen) atoms. The highest BCUT2D eigenvalue weighted by atomic mass is 16.2. The first-order valence-corrected chi connectivity index (χ1v) is 7.14. The fourth-order valence-electron chi connectivity index (χ4n) is 2.88. The number of carbonyl (C=O) groups is 1. The van der Waals surface area contributed by atoms with E-state index in [4.69, 9.17) is 5.73 Å². The number of likely N-dealkylation sites (tertiary alicyclic amines) is 1. The van der Waals surface area contributed by atoms with Crippen molar-refractivity contribution >= 4 is 5.91 Å². The van der Waals surface area contributed by atoms with E-state index in [9.17, 15) is 4.79 Å². The Kier molecular flexibility index (Phi) is 6.09. The predicted octanol–water partition coefficient (Wildman–Crippen LogP) is 1.06. The van der Waals surface area contributed by atoms with Crippen molar-refractivity contribution in [1.82, 2.24) is 10.2 Å². The Hall–Kier alpha value is -0.610. The molecule has 3 atom stereocenters. The minimum absolute atomic E-state index is 0.128. The number of nitrogens with one attached hydrogen (secondary N) is 1. The first-order valence-electron chi connectivity index (χ1n) is 7.14. The van der Waals surface area contributed by atoms with Gasteiger partial charge in [-0.25, -0.2) is 0 Å². The normalized spacial score (nSPS) is 29.6. The van der Waals surface area contributed by atoms with Crippen molar-refractivity contribution < 1.29 is 4.79 Å². The molecule has 4 nitrogen and oxygen atoms in total. The van der Waals surface area contributed by atoms with Crippen LogP contribution in [-0.2, 0) is 4.79 Å². The van der Waals surface area contributed by atoms with Gasteiger partial charge in [0.25, 0.3) is 0 Å². The van der Waals surface area contributed by atoms with Crippen LogP contribution in [-0.4, -0.2) is 43.0 Å². The molecular weight excluding hydrogens is 226 g/mol. The molecule has 1 amide bonds. The molecule has 3 N–H and O–H groups in total. The third kappa shape index (κ3) is 4.58. The molecule has 0 aromatic carbocycles. The SMILES string of the molecule is CC(C)CNC(=O)CN1CC(C)CC(C)C1CN. The number of hydrogen-bond donors (Lipinski definition) is 2. The Morgan fingerprint density at radius 1 is 1.44 bits per heavy atom. The molecule has 1 fully saturated rings. The summed E-state index contributed by atoms with van der Waals surface area (Å²) in [6.45, 7) is 11.6. The molecule has 1 aliphatic rings. The van der Waals surface area contributed by atoms with E-state index in [1.165, 1.54) is 6.42 Å². The summed E-state index contributed by atoms with van der Waals surface area (Å²) in [6, 6.07) is 0.353. The number of rotatable bonds is 5. The molecule has 0 aliphatic carbocycles. The minimum atomic E-state index is 0.128. The van der Waals surface area contributed by atoms with E-state index >= 15 is 0 Å². The third-order valence-corrected chi connectivity index (χ3v) is 3.74. The number of amides is 1. The van der Waals surface area contributed by atoms with Crippen LogP contribution in [0.25, 0.3) is 0 Å². The average molecular weight is 255 g/mol. The fourth-order valence-corrected chi connectivity index (χ4v) is 2.88. The van der Waals surface area contributed by atoms with Crippen LogP contribution in [0.1, 0.15) is 34.1 Å². The van der Waals surface area contributed by atoms with E-state index in [-0.39, 0.29) is 5.91 Å². The lowest BCUT2D eigenvalue weighted by Crippen LogP contribution is -2.54. The average Bonchev–Trinajstić information content (AvgIpc) is 2.26. The summed E-state index contributed by atoms with van der Waals surface area (Å²) in [6.07, 6.45) is 1.21. The van der Waals surface area contributed by atoms with E-state index in [0.717, 1.165) is 13.1 Å². The van der Waals surface area contributed by atoms with E-state index in [1.54, 1.807) is 0 Å². The van der Waals surface area contributed by atoms with E-state index in [1.807, 2.05) is 0 Å². The van der Waals surface area contributed by atoms with Crippen molar-refractivity contribution in [3.63, 3.8) is 0 Å². The number of nitrogens with zero attached hydrogens (tertiary/aromatic N) is 1. The quantitative estimate of drug-likeness (QED) is 0.772. The van der Waals surface area contributed by atoms with Crippen LogP contribution in [0.4, 0.5) is 0 Å². The molecule has 0 bridgehead atoms. The van der Waals surface area contributed by atoms with Crippen LogP contribution >= 0.6 is 0 Å². The van der Waals surface area contributed by atoms with Gasteiger partial charge in [0.1, 0.15) is 0 Å². The van der Waals surface area contributed by atoms with Crippen molar-refractivity contribution in [2.45, 2.75) is 40.2 Å². The highest BCUT2D eigenvalue weighted by molar-refractivity contribution is 5.78. The van der Waals surface area contributed by atoms with Crippen molar-refractivity contribution in [2.24, 2.45) is 23.5 Å². The van der Waals surface area contributed by atoms with E-state index in [0.29, 0.717) is 36.9 Å². The molecule has 0 spiro atoms. The van der Waals surface area contributed by atoms with Crippen LogP contribution in [0, 0.1) is 17.8 Å².